The van der Waals surface area contributed by atoms with Crippen molar-refractivity contribution in [2.75, 3.05) is 27.2 Å². The predicted molar refractivity (Wildman–Crippen MR) is 53.3 cm³/mol. The van der Waals surface area contributed by atoms with Crippen LogP contribution in [-0.2, 0) is 0 Å². The van der Waals surface area contributed by atoms with Gasteiger partial charge in [-0.2, -0.15) is 0 Å². The van der Waals surface area contributed by atoms with Gasteiger partial charge in [0.25, 0.3) is 0 Å². The highest BCUT2D eigenvalue weighted by atomic mass is 15.1. The van der Waals surface area contributed by atoms with Crippen molar-refractivity contribution in [3.05, 3.63) is 12.2 Å². The van der Waals surface area contributed by atoms with Crippen molar-refractivity contribution in [1.82, 2.24) is 10.2 Å². The Kier molecular flexibility index (Phi) is 3.76. The van der Waals surface area contributed by atoms with Crippen LogP contribution in [0.3, 0.4) is 0 Å². The summed E-state index contributed by atoms with van der Waals surface area (Å²) in [4.78, 5) is 2.42. The van der Waals surface area contributed by atoms with Crippen molar-refractivity contribution in [2.45, 2.75) is 25.3 Å². The first-order valence-electron chi connectivity index (χ1n) is 4.78. The van der Waals surface area contributed by atoms with E-state index in [9.17, 15) is 0 Å². The number of likely N-dealkylation sites (tertiary alicyclic amines) is 1. The highest BCUT2D eigenvalue weighted by Crippen LogP contribution is 2.19. The molecule has 70 valence electrons. The Labute approximate surface area is 75.6 Å². The lowest BCUT2D eigenvalue weighted by molar-refractivity contribution is 0.211. The van der Waals surface area contributed by atoms with Crippen molar-refractivity contribution in [1.29, 1.82) is 0 Å². The van der Waals surface area contributed by atoms with Crippen LogP contribution in [0.25, 0.3) is 0 Å². The molecule has 0 spiro atoms. The van der Waals surface area contributed by atoms with E-state index in [1.54, 1.807) is 0 Å². The summed E-state index contributed by atoms with van der Waals surface area (Å²) < 4.78 is 0. The van der Waals surface area contributed by atoms with Gasteiger partial charge in [0.2, 0.25) is 0 Å². The Balaban J connectivity index is 2.42. The fraction of sp³-hybridized carbons (Fsp3) is 0.800. The van der Waals surface area contributed by atoms with Crippen LogP contribution in [0, 0.1) is 0 Å². The number of nitrogens with one attached hydrogen (secondary N) is 1. The Morgan fingerprint density at radius 3 is 2.92 bits per heavy atom. The van der Waals surface area contributed by atoms with E-state index in [0.717, 1.165) is 6.54 Å². The van der Waals surface area contributed by atoms with Gasteiger partial charge < -0.3 is 5.32 Å². The molecule has 0 aliphatic carbocycles. The second kappa shape index (κ2) is 4.63. The molecule has 0 aromatic heterocycles. The van der Waals surface area contributed by atoms with Crippen molar-refractivity contribution in [2.24, 2.45) is 0 Å². The monoisotopic (exact) mass is 168 g/mol. The summed E-state index contributed by atoms with van der Waals surface area (Å²) >= 11 is 0. The summed E-state index contributed by atoms with van der Waals surface area (Å²) in [6, 6.07) is 0.617. The van der Waals surface area contributed by atoms with Crippen LogP contribution in [0.1, 0.15) is 19.3 Å². The van der Waals surface area contributed by atoms with Crippen LogP contribution < -0.4 is 5.32 Å². The molecule has 0 radical (unpaired) electrons. The minimum atomic E-state index is 0.617. The Hall–Kier alpha value is -0.340. The molecule has 1 rings (SSSR count). The van der Waals surface area contributed by atoms with Crippen LogP contribution in [0.5, 0.6) is 0 Å². The van der Waals surface area contributed by atoms with E-state index < -0.39 is 0 Å². The van der Waals surface area contributed by atoms with Gasteiger partial charge in [-0.25, -0.2) is 0 Å². The van der Waals surface area contributed by atoms with Gasteiger partial charge in [-0.05, 0) is 39.1 Å². The molecule has 1 saturated heterocycles. The molecule has 1 aliphatic rings. The number of hydrogen-bond acceptors (Lipinski definition) is 2. The first-order chi connectivity index (χ1) is 5.75. The maximum Gasteiger partial charge on any atom is 0.0314 e. The quantitative estimate of drug-likeness (QED) is 0.638. The lowest BCUT2D eigenvalue weighted by atomic mass is 9.97. The molecule has 1 heterocycles. The molecule has 1 N–H and O–H groups in total. The summed E-state index contributed by atoms with van der Waals surface area (Å²) in [6.07, 6.45) is 3.99. The van der Waals surface area contributed by atoms with E-state index in [0.29, 0.717) is 6.04 Å². The van der Waals surface area contributed by atoms with E-state index in [-0.39, 0.29) is 0 Å². The molecule has 12 heavy (non-hydrogen) atoms. The summed E-state index contributed by atoms with van der Waals surface area (Å²) in [5.74, 6) is 0. The van der Waals surface area contributed by atoms with Gasteiger partial charge >= 0.3 is 0 Å². The summed E-state index contributed by atoms with van der Waals surface area (Å²) in [7, 11) is 4.18. The van der Waals surface area contributed by atoms with Crippen molar-refractivity contribution >= 4 is 0 Å². The highest BCUT2D eigenvalue weighted by molar-refractivity contribution is 5.08. The first kappa shape index (κ1) is 9.75. The first-order valence-corrected chi connectivity index (χ1v) is 4.78. The van der Waals surface area contributed by atoms with Gasteiger partial charge in [0.1, 0.15) is 0 Å². The smallest absolute Gasteiger partial charge is 0.0314 e. The lowest BCUT2D eigenvalue weighted by Gasteiger charge is -2.33. The molecule has 2 heteroatoms. The molecule has 0 aromatic rings. The predicted octanol–water partition coefficient (Wildman–Crippen LogP) is 1.25. The van der Waals surface area contributed by atoms with E-state index in [1.165, 1.54) is 31.4 Å². The van der Waals surface area contributed by atoms with Gasteiger partial charge in [0, 0.05) is 12.6 Å². The Morgan fingerprint density at radius 1 is 1.58 bits per heavy atom. The zero-order valence-corrected chi connectivity index (χ0v) is 8.27. The zero-order chi connectivity index (χ0) is 8.97. The summed E-state index contributed by atoms with van der Waals surface area (Å²) in [5, 5.41) is 3.16. The third-order valence-corrected chi connectivity index (χ3v) is 2.65. The number of rotatable bonds is 3. The van der Waals surface area contributed by atoms with Crippen molar-refractivity contribution < 1.29 is 0 Å². The molecule has 0 amide bonds. The van der Waals surface area contributed by atoms with Crippen LogP contribution in [0.4, 0.5) is 0 Å². The Bertz CT molecular complexity index is 154. The average Bonchev–Trinajstić information content (AvgIpc) is 2.05. The minimum absolute atomic E-state index is 0.617. The van der Waals surface area contributed by atoms with Gasteiger partial charge in [0.05, 0.1) is 0 Å². The lowest BCUT2D eigenvalue weighted by Crippen LogP contribution is -2.39. The largest absolute Gasteiger partial charge is 0.316 e. The summed E-state index contributed by atoms with van der Waals surface area (Å²) in [5.41, 5.74) is 1.33. The average molecular weight is 168 g/mol. The third-order valence-electron chi connectivity index (χ3n) is 2.65. The SMILES string of the molecule is C=C(CNC)C1CCCCN1C. The number of nitrogens with zero attached hydrogens (tertiary/aromatic N) is 1. The maximum atomic E-state index is 4.11. The number of piperidine rings is 1. The molecule has 2 nitrogen and oxygen atoms in total. The second-order valence-corrected chi connectivity index (χ2v) is 3.68. The van der Waals surface area contributed by atoms with E-state index in [2.05, 4.69) is 23.8 Å². The Morgan fingerprint density at radius 2 is 2.33 bits per heavy atom. The highest BCUT2D eigenvalue weighted by Gasteiger charge is 2.20. The molecule has 0 saturated carbocycles. The molecule has 1 fully saturated rings. The molecule has 1 unspecified atom stereocenters. The maximum absolute atomic E-state index is 4.11. The molecule has 0 aromatic carbocycles. The fourth-order valence-corrected chi connectivity index (χ4v) is 1.94. The normalized spacial score (nSPS) is 25.7. The molecule has 0 bridgehead atoms. The number of likely N-dealkylation sites (N-methyl/N-ethyl adjacent to an activating group) is 2. The van der Waals surface area contributed by atoms with Crippen molar-refractivity contribution in [3.63, 3.8) is 0 Å². The fourth-order valence-electron chi connectivity index (χ4n) is 1.94. The number of hydrogen-bond donors (Lipinski definition) is 1. The van der Waals surface area contributed by atoms with Crippen LogP contribution in [0.2, 0.25) is 0 Å². The molecule has 1 atom stereocenters. The van der Waals surface area contributed by atoms with E-state index in [4.69, 9.17) is 0 Å². The minimum Gasteiger partial charge on any atom is -0.316 e. The third kappa shape index (κ3) is 2.32. The van der Waals surface area contributed by atoms with Crippen LogP contribution in [0.15, 0.2) is 12.2 Å². The van der Waals surface area contributed by atoms with Gasteiger partial charge in [-0.15, -0.1) is 0 Å². The molecular weight excluding hydrogens is 148 g/mol. The van der Waals surface area contributed by atoms with Crippen LogP contribution in [-0.4, -0.2) is 38.1 Å². The second-order valence-electron chi connectivity index (χ2n) is 3.68. The van der Waals surface area contributed by atoms with Gasteiger partial charge in [-0.1, -0.05) is 13.0 Å². The molecular formula is C10H20N2. The summed E-state index contributed by atoms with van der Waals surface area (Å²) in [6.45, 7) is 6.30. The standard InChI is InChI=1S/C10H20N2/c1-9(8-11-2)10-6-4-5-7-12(10)3/h10-11H,1,4-8H2,2-3H3. The molecule has 1 aliphatic heterocycles. The topological polar surface area (TPSA) is 15.3 Å². The van der Waals surface area contributed by atoms with E-state index >= 15 is 0 Å². The van der Waals surface area contributed by atoms with Crippen LogP contribution >= 0.6 is 0 Å². The van der Waals surface area contributed by atoms with Crippen molar-refractivity contribution in [3.8, 4) is 0 Å². The van der Waals surface area contributed by atoms with E-state index in [1.807, 2.05) is 7.05 Å². The van der Waals surface area contributed by atoms with Gasteiger partial charge in [-0.3, -0.25) is 4.90 Å². The van der Waals surface area contributed by atoms with Gasteiger partial charge in [0.15, 0.2) is 0 Å². The zero-order valence-electron chi connectivity index (χ0n) is 8.27.